The number of benzene rings is 2. The van der Waals surface area contributed by atoms with E-state index in [9.17, 15) is 9.18 Å². The molecule has 0 fully saturated rings. The van der Waals surface area contributed by atoms with E-state index in [0.717, 1.165) is 0 Å². The van der Waals surface area contributed by atoms with Crippen LogP contribution in [-0.2, 0) is 0 Å². The van der Waals surface area contributed by atoms with Gasteiger partial charge < -0.3 is 9.47 Å². The van der Waals surface area contributed by atoms with Crippen molar-refractivity contribution in [1.82, 2.24) is 5.43 Å². The Morgan fingerprint density at radius 2 is 1.68 bits per heavy atom. The van der Waals surface area contributed by atoms with Crippen LogP contribution in [0.2, 0.25) is 0 Å². The van der Waals surface area contributed by atoms with Crippen LogP contribution in [0.25, 0.3) is 0 Å². The van der Waals surface area contributed by atoms with Crippen molar-refractivity contribution in [2.75, 3.05) is 14.2 Å². The summed E-state index contributed by atoms with van der Waals surface area (Å²) in [6.45, 7) is 0. The van der Waals surface area contributed by atoms with Gasteiger partial charge in [-0.2, -0.15) is 5.10 Å². The maximum absolute atomic E-state index is 12.8. The van der Waals surface area contributed by atoms with Gasteiger partial charge >= 0.3 is 0 Å². The molecule has 22 heavy (non-hydrogen) atoms. The molecule has 0 aliphatic heterocycles. The molecule has 114 valence electrons. The number of halogens is 1. The summed E-state index contributed by atoms with van der Waals surface area (Å²) in [5.41, 5.74) is 3.42. The van der Waals surface area contributed by atoms with E-state index < -0.39 is 5.91 Å². The molecule has 0 bridgehead atoms. The molecular weight excluding hydrogens is 287 g/mol. The summed E-state index contributed by atoms with van der Waals surface area (Å²) in [6, 6.07) is 10.6. The van der Waals surface area contributed by atoms with Gasteiger partial charge in [0, 0.05) is 11.6 Å². The number of hydrazone groups is 1. The summed E-state index contributed by atoms with van der Waals surface area (Å²) in [5, 5.41) is 3.83. The molecule has 1 N–H and O–H groups in total. The van der Waals surface area contributed by atoms with Crippen LogP contribution < -0.4 is 14.9 Å². The number of carbonyl (C=O) groups excluding carboxylic acids is 1. The lowest BCUT2D eigenvalue weighted by Crippen LogP contribution is -2.17. The minimum absolute atomic E-state index is 0.329. The number of ether oxygens (including phenoxy) is 2. The smallest absolute Gasteiger partial charge is 0.271 e. The number of amides is 1. The topological polar surface area (TPSA) is 59.9 Å². The standard InChI is InChI=1S/C16H15FN2O3/c1-21-14-7-12(8-15(9-14)22-2)16(20)19-18-10-11-3-5-13(17)6-4-11/h3-10H,1-2H3,(H,19,20)/b18-10-. The van der Waals surface area contributed by atoms with Gasteiger partial charge in [0.05, 0.1) is 20.4 Å². The molecule has 2 rings (SSSR count). The van der Waals surface area contributed by atoms with Crippen LogP contribution in [0.15, 0.2) is 47.6 Å². The average Bonchev–Trinajstić information content (AvgIpc) is 2.56. The lowest BCUT2D eigenvalue weighted by Gasteiger charge is -2.07. The first-order valence-electron chi connectivity index (χ1n) is 6.44. The third-order valence-corrected chi connectivity index (χ3v) is 2.86. The highest BCUT2D eigenvalue weighted by atomic mass is 19.1. The molecule has 6 heteroatoms. The Kier molecular flexibility index (Phi) is 5.08. The summed E-state index contributed by atoms with van der Waals surface area (Å²) in [4.78, 5) is 12.0. The summed E-state index contributed by atoms with van der Waals surface area (Å²) in [7, 11) is 3.01. The second kappa shape index (κ2) is 7.21. The number of hydrogen-bond acceptors (Lipinski definition) is 4. The number of nitrogens with one attached hydrogen (secondary N) is 1. The molecule has 0 atom stereocenters. The van der Waals surface area contributed by atoms with Crippen molar-refractivity contribution in [2.45, 2.75) is 0 Å². The summed E-state index contributed by atoms with van der Waals surface area (Å²) < 4.78 is 23.0. The van der Waals surface area contributed by atoms with Crippen LogP contribution in [-0.4, -0.2) is 26.3 Å². The molecule has 0 aromatic heterocycles. The van der Waals surface area contributed by atoms with Gasteiger partial charge in [-0.05, 0) is 29.8 Å². The zero-order chi connectivity index (χ0) is 15.9. The van der Waals surface area contributed by atoms with E-state index in [1.165, 1.54) is 32.6 Å². The zero-order valence-corrected chi connectivity index (χ0v) is 12.2. The molecule has 0 heterocycles. The van der Waals surface area contributed by atoms with Crippen molar-refractivity contribution in [3.05, 3.63) is 59.4 Å². The van der Waals surface area contributed by atoms with Crippen LogP contribution in [0.3, 0.4) is 0 Å². The molecule has 0 unspecified atom stereocenters. The largest absolute Gasteiger partial charge is 0.497 e. The van der Waals surface area contributed by atoms with Crippen LogP contribution in [0.4, 0.5) is 4.39 Å². The van der Waals surface area contributed by atoms with Gasteiger partial charge in [0.25, 0.3) is 5.91 Å². The summed E-state index contributed by atoms with van der Waals surface area (Å²) in [6.07, 6.45) is 1.43. The first kappa shape index (κ1) is 15.5. The number of hydrogen-bond donors (Lipinski definition) is 1. The minimum atomic E-state index is -0.407. The second-order valence-electron chi connectivity index (χ2n) is 4.35. The highest BCUT2D eigenvalue weighted by Gasteiger charge is 2.08. The van der Waals surface area contributed by atoms with Crippen molar-refractivity contribution in [2.24, 2.45) is 5.10 Å². The maximum Gasteiger partial charge on any atom is 0.271 e. The predicted octanol–water partition coefficient (Wildman–Crippen LogP) is 2.61. The third-order valence-electron chi connectivity index (χ3n) is 2.86. The number of methoxy groups -OCH3 is 2. The van der Waals surface area contributed by atoms with E-state index in [-0.39, 0.29) is 5.82 Å². The Labute approximate surface area is 127 Å². The molecule has 5 nitrogen and oxygen atoms in total. The Balaban J connectivity index is 2.07. The highest BCUT2D eigenvalue weighted by molar-refractivity contribution is 5.95. The quantitative estimate of drug-likeness (QED) is 0.682. The van der Waals surface area contributed by atoms with E-state index in [4.69, 9.17) is 9.47 Å². The minimum Gasteiger partial charge on any atom is -0.497 e. The fourth-order valence-electron chi connectivity index (χ4n) is 1.72. The van der Waals surface area contributed by atoms with E-state index in [0.29, 0.717) is 22.6 Å². The monoisotopic (exact) mass is 302 g/mol. The second-order valence-corrected chi connectivity index (χ2v) is 4.35. The average molecular weight is 302 g/mol. The van der Waals surface area contributed by atoms with Crippen molar-refractivity contribution < 1.29 is 18.7 Å². The molecule has 2 aromatic carbocycles. The Bertz CT molecular complexity index is 662. The fraction of sp³-hybridized carbons (Fsp3) is 0.125. The number of carbonyl (C=O) groups is 1. The molecule has 0 aliphatic carbocycles. The Morgan fingerprint density at radius 3 is 2.23 bits per heavy atom. The highest BCUT2D eigenvalue weighted by Crippen LogP contribution is 2.22. The summed E-state index contributed by atoms with van der Waals surface area (Å²) >= 11 is 0. The van der Waals surface area contributed by atoms with Crippen molar-refractivity contribution in [1.29, 1.82) is 0 Å². The first-order chi connectivity index (χ1) is 10.6. The lowest BCUT2D eigenvalue weighted by atomic mass is 10.2. The van der Waals surface area contributed by atoms with E-state index in [1.807, 2.05) is 0 Å². The first-order valence-corrected chi connectivity index (χ1v) is 6.44. The molecule has 0 aliphatic rings. The molecule has 0 saturated heterocycles. The van der Waals surface area contributed by atoms with Crippen LogP contribution in [0, 0.1) is 5.82 Å². The van der Waals surface area contributed by atoms with Crippen LogP contribution >= 0.6 is 0 Å². The van der Waals surface area contributed by atoms with Crippen molar-refractivity contribution >= 4 is 12.1 Å². The van der Waals surface area contributed by atoms with Gasteiger partial charge in [-0.25, -0.2) is 9.82 Å². The molecular formula is C16H15FN2O3. The van der Waals surface area contributed by atoms with Crippen molar-refractivity contribution in [3.8, 4) is 11.5 Å². The Hall–Kier alpha value is -2.89. The number of rotatable bonds is 5. The van der Waals surface area contributed by atoms with E-state index in [2.05, 4.69) is 10.5 Å². The van der Waals surface area contributed by atoms with Crippen LogP contribution in [0.5, 0.6) is 11.5 Å². The fourth-order valence-corrected chi connectivity index (χ4v) is 1.72. The molecule has 0 saturated carbocycles. The van der Waals surface area contributed by atoms with Gasteiger partial charge in [-0.3, -0.25) is 4.79 Å². The van der Waals surface area contributed by atoms with Crippen LogP contribution in [0.1, 0.15) is 15.9 Å². The zero-order valence-electron chi connectivity index (χ0n) is 12.2. The molecule has 1 amide bonds. The van der Waals surface area contributed by atoms with Gasteiger partial charge in [0.1, 0.15) is 17.3 Å². The van der Waals surface area contributed by atoms with E-state index >= 15 is 0 Å². The lowest BCUT2D eigenvalue weighted by molar-refractivity contribution is 0.0954. The van der Waals surface area contributed by atoms with Gasteiger partial charge in [-0.15, -0.1) is 0 Å². The molecule has 2 aromatic rings. The van der Waals surface area contributed by atoms with Crippen molar-refractivity contribution in [3.63, 3.8) is 0 Å². The Morgan fingerprint density at radius 1 is 1.09 bits per heavy atom. The van der Waals surface area contributed by atoms with Gasteiger partial charge in [-0.1, -0.05) is 12.1 Å². The predicted molar refractivity (Wildman–Crippen MR) is 81.0 cm³/mol. The number of nitrogens with zero attached hydrogens (tertiary/aromatic N) is 1. The summed E-state index contributed by atoms with van der Waals surface area (Å²) in [5.74, 6) is 0.277. The normalized spacial score (nSPS) is 10.5. The van der Waals surface area contributed by atoms with E-state index in [1.54, 1.807) is 30.3 Å². The van der Waals surface area contributed by atoms with Gasteiger partial charge in [0.15, 0.2) is 0 Å². The molecule has 0 spiro atoms. The van der Waals surface area contributed by atoms with Gasteiger partial charge in [0.2, 0.25) is 0 Å². The SMILES string of the molecule is COc1cc(OC)cc(C(=O)N/N=C\c2ccc(F)cc2)c1. The maximum atomic E-state index is 12.8. The molecule has 0 radical (unpaired) electrons. The third kappa shape index (κ3) is 4.05.